The molecule has 2 aromatic carbocycles. The predicted octanol–water partition coefficient (Wildman–Crippen LogP) is 3.25. The van der Waals surface area contributed by atoms with E-state index < -0.39 is 15.9 Å². The molecule has 1 N–H and O–H groups in total. The number of nitrogens with one attached hydrogen (secondary N) is 1. The van der Waals surface area contributed by atoms with Gasteiger partial charge in [0.05, 0.1) is 18.6 Å². The Bertz CT molecular complexity index is 1070. The lowest BCUT2D eigenvalue weighted by Crippen LogP contribution is -2.35. The molecule has 0 atom stereocenters. The van der Waals surface area contributed by atoms with Crippen molar-refractivity contribution in [3.8, 4) is 5.75 Å². The maximum Gasteiger partial charge on any atom is 0.309 e. The molecule has 0 saturated carbocycles. The first-order chi connectivity index (χ1) is 15.3. The summed E-state index contributed by atoms with van der Waals surface area (Å²) in [5, 5.41) is 2.74. The molecular formula is C22H25ClN2O6S. The number of anilines is 1. The van der Waals surface area contributed by atoms with Crippen molar-refractivity contribution in [3.63, 3.8) is 0 Å². The van der Waals surface area contributed by atoms with Gasteiger partial charge < -0.3 is 14.8 Å². The summed E-state index contributed by atoms with van der Waals surface area (Å²) in [4.78, 5) is 23.6. The molecular weight excluding hydrogens is 456 g/mol. The SMILES string of the molecule is COC(=O)Cc1ccc(OCC(=O)Nc2ccc(Cl)c(S(=O)(=O)N3CCCCC3)c2)cc1. The molecule has 1 aliphatic heterocycles. The van der Waals surface area contributed by atoms with Crippen LogP contribution in [0.3, 0.4) is 0 Å². The summed E-state index contributed by atoms with van der Waals surface area (Å²) in [6.45, 7) is 0.649. The molecule has 0 aliphatic carbocycles. The molecule has 172 valence electrons. The number of hydrogen-bond acceptors (Lipinski definition) is 6. The summed E-state index contributed by atoms with van der Waals surface area (Å²) in [6.07, 6.45) is 2.78. The average Bonchev–Trinajstić information content (AvgIpc) is 2.80. The fourth-order valence-electron chi connectivity index (χ4n) is 3.31. The molecule has 1 heterocycles. The summed E-state index contributed by atoms with van der Waals surface area (Å²) in [7, 11) is -2.41. The monoisotopic (exact) mass is 480 g/mol. The van der Waals surface area contributed by atoms with E-state index in [0.29, 0.717) is 24.5 Å². The van der Waals surface area contributed by atoms with Gasteiger partial charge in [0, 0.05) is 18.8 Å². The molecule has 1 aliphatic rings. The van der Waals surface area contributed by atoms with E-state index in [9.17, 15) is 18.0 Å². The zero-order chi connectivity index (χ0) is 23.1. The largest absolute Gasteiger partial charge is 0.484 e. The molecule has 0 radical (unpaired) electrons. The van der Waals surface area contributed by atoms with Crippen LogP contribution >= 0.6 is 11.6 Å². The molecule has 32 heavy (non-hydrogen) atoms. The van der Waals surface area contributed by atoms with Gasteiger partial charge in [0.2, 0.25) is 10.0 Å². The summed E-state index contributed by atoms with van der Waals surface area (Å²) in [6, 6.07) is 11.1. The Balaban J connectivity index is 1.60. The topological polar surface area (TPSA) is 102 Å². The third-order valence-electron chi connectivity index (χ3n) is 5.02. The average molecular weight is 481 g/mol. The van der Waals surface area contributed by atoms with E-state index in [-0.39, 0.29) is 28.9 Å². The van der Waals surface area contributed by atoms with Crippen LogP contribution in [0.15, 0.2) is 47.4 Å². The first-order valence-electron chi connectivity index (χ1n) is 10.2. The first kappa shape index (κ1) is 24.0. The van der Waals surface area contributed by atoms with Gasteiger partial charge in [-0.1, -0.05) is 30.2 Å². The van der Waals surface area contributed by atoms with Crippen LogP contribution in [0.5, 0.6) is 5.75 Å². The van der Waals surface area contributed by atoms with Gasteiger partial charge in [-0.05, 0) is 48.7 Å². The number of carbonyl (C=O) groups is 2. The molecule has 3 rings (SSSR count). The van der Waals surface area contributed by atoms with Gasteiger partial charge in [-0.2, -0.15) is 4.31 Å². The number of hydrogen-bond donors (Lipinski definition) is 1. The molecule has 0 aromatic heterocycles. The second-order valence-corrected chi connectivity index (χ2v) is 9.66. The van der Waals surface area contributed by atoms with Crippen LogP contribution in [0.2, 0.25) is 5.02 Å². The Kier molecular flexibility index (Phi) is 8.11. The molecule has 0 spiro atoms. The number of ether oxygens (including phenoxy) is 2. The van der Waals surface area contributed by atoms with Crippen molar-refractivity contribution in [1.82, 2.24) is 4.31 Å². The van der Waals surface area contributed by atoms with Crippen molar-refractivity contribution in [2.24, 2.45) is 0 Å². The molecule has 8 nitrogen and oxygen atoms in total. The predicted molar refractivity (Wildman–Crippen MR) is 120 cm³/mol. The van der Waals surface area contributed by atoms with Crippen molar-refractivity contribution in [2.45, 2.75) is 30.6 Å². The van der Waals surface area contributed by atoms with Crippen LogP contribution in [0.25, 0.3) is 0 Å². The minimum Gasteiger partial charge on any atom is -0.484 e. The molecule has 0 unspecified atom stereocenters. The maximum absolute atomic E-state index is 12.9. The lowest BCUT2D eigenvalue weighted by atomic mass is 10.1. The van der Waals surface area contributed by atoms with Crippen LogP contribution in [-0.4, -0.2) is 51.4 Å². The van der Waals surface area contributed by atoms with E-state index in [1.807, 2.05) is 0 Å². The van der Waals surface area contributed by atoms with Crippen molar-refractivity contribution in [1.29, 1.82) is 0 Å². The number of methoxy groups -OCH3 is 1. The van der Waals surface area contributed by atoms with Gasteiger partial charge in [-0.3, -0.25) is 9.59 Å². The number of benzene rings is 2. The quantitative estimate of drug-likeness (QED) is 0.582. The molecule has 2 aromatic rings. The van der Waals surface area contributed by atoms with Gasteiger partial charge in [-0.25, -0.2) is 8.42 Å². The van der Waals surface area contributed by atoms with Crippen LogP contribution in [-0.2, 0) is 30.8 Å². The highest BCUT2D eigenvalue weighted by atomic mass is 35.5. The van der Waals surface area contributed by atoms with Gasteiger partial charge in [0.1, 0.15) is 10.6 Å². The van der Waals surface area contributed by atoms with E-state index >= 15 is 0 Å². The second-order valence-electron chi connectivity index (χ2n) is 7.34. The normalized spacial score (nSPS) is 14.6. The standard InChI is InChI=1S/C22H25ClN2O6S/c1-30-22(27)13-16-5-8-18(9-6-16)31-15-21(26)24-17-7-10-19(23)20(14-17)32(28,29)25-11-3-2-4-12-25/h5-10,14H,2-4,11-13,15H2,1H3,(H,24,26). The molecule has 1 amide bonds. The van der Waals surface area contributed by atoms with Crippen LogP contribution < -0.4 is 10.1 Å². The van der Waals surface area contributed by atoms with Crippen molar-refractivity contribution < 1.29 is 27.5 Å². The summed E-state index contributed by atoms with van der Waals surface area (Å²) in [5.74, 6) is -0.340. The summed E-state index contributed by atoms with van der Waals surface area (Å²) < 4.78 is 37.4. The highest BCUT2D eigenvalue weighted by Crippen LogP contribution is 2.29. The summed E-state index contributed by atoms with van der Waals surface area (Å²) >= 11 is 6.16. The number of esters is 1. The van der Waals surface area contributed by atoms with Gasteiger partial charge in [0.15, 0.2) is 6.61 Å². The van der Waals surface area contributed by atoms with E-state index in [2.05, 4.69) is 10.1 Å². The number of carbonyl (C=O) groups excluding carboxylic acids is 2. The fourth-order valence-corrected chi connectivity index (χ4v) is 5.33. The molecule has 1 fully saturated rings. The number of sulfonamides is 1. The number of halogens is 1. The molecule has 1 saturated heterocycles. The van der Waals surface area contributed by atoms with Crippen molar-refractivity contribution in [2.75, 3.05) is 32.1 Å². The number of amides is 1. The number of rotatable bonds is 8. The van der Waals surface area contributed by atoms with Crippen LogP contribution in [0.4, 0.5) is 5.69 Å². The van der Waals surface area contributed by atoms with Gasteiger partial charge in [0.25, 0.3) is 5.91 Å². The number of nitrogens with zero attached hydrogens (tertiary/aromatic N) is 1. The highest BCUT2D eigenvalue weighted by molar-refractivity contribution is 7.89. The Hall–Kier alpha value is -2.62. The lowest BCUT2D eigenvalue weighted by Gasteiger charge is -2.26. The van der Waals surface area contributed by atoms with E-state index in [4.69, 9.17) is 16.3 Å². The Morgan fingerprint density at radius 1 is 1.06 bits per heavy atom. The Morgan fingerprint density at radius 3 is 2.41 bits per heavy atom. The van der Waals surface area contributed by atoms with E-state index in [0.717, 1.165) is 24.8 Å². The van der Waals surface area contributed by atoms with Gasteiger partial charge in [-0.15, -0.1) is 0 Å². The molecule has 0 bridgehead atoms. The lowest BCUT2D eigenvalue weighted by molar-refractivity contribution is -0.139. The first-order valence-corrected chi connectivity index (χ1v) is 12.0. The third-order valence-corrected chi connectivity index (χ3v) is 7.40. The van der Waals surface area contributed by atoms with Crippen molar-refractivity contribution >= 4 is 39.2 Å². The Morgan fingerprint density at radius 2 is 1.75 bits per heavy atom. The zero-order valence-corrected chi connectivity index (χ0v) is 19.2. The fraction of sp³-hybridized carbons (Fsp3) is 0.364. The smallest absolute Gasteiger partial charge is 0.309 e. The minimum absolute atomic E-state index is 0.0269. The van der Waals surface area contributed by atoms with Crippen LogP contribution in [0, 0.1) is 0 Å². The third kappa shape index (κ3) is 6.21. The van der Waals surface area contributed by atoms with Crippen LogP contribution in [0.1, 0.15) is 24.8 Å². The summed E-state index contributed by atoms with van der Waals surface area (Å²) in [5.41, 5.74) is 1.07. The molecule has 10 heteroatoms. The highest BCUT2D eigenvalue weighted by Gasteiger charge is 2.28. The van der Waals surface area contributed by atoms with Gasteiger partial charge >= 0.3 is 5.97 Å². The maximum atomic E-state index is 12.9. The minimum atomic E-state index is -3.74. The van der Waals surface area contributed by atoms with E-state index in [1.165, 1.54) is 29.6 Å². The number of piperidine rings is 1. The van der Waals surface area contributed by atoms with Crippen molar-refractivity contribution in [3.05, 3.63) is 53.1 Å². The zero-order valence-electron chi connectivity index (χ0n) is 17.7. The Labute approximate surface area is 192 Å². The van der Waals surface area contributed by atoms with E-state index in [1.54, 1.807) is 24.3 Å². The second kappa shape index (κ2) is 10.8.